The molecule has 0 radical (unpaired) electrons. The number of hydrogen-bond donors (Lipinski definition) is 0. The van der Waals surface area contributed by atoms with Crippen LogP contribution < -0.4 is 4.90 Å². The first kappa shape index (κ1) is 54.3. The molecule has 1 aliphatic rings. The lowest BCUT2D eigenvalue weighted by Gasteiger charge is -2.29. The predicted molar refractivity (Wildman–Crippen MR) is 361 cm³/mol. The largest absolute Gasteiger partial charge is 0.311 e. The summed E-state index contributed by atoms with van der Waals surface area (Å²) < 4.78 is 2.43. The highest BCUT2D eigenvalue weighted by atomic mass is 15.1. The number of rotatable bonds is 18. The monoisotopic (exact) mass is 1090 g/mol. The Balaban J connectivity index is 0.799. The highest BCUT2D eigenvalue weighted by Gasteiger charge is 2.39. The van der Waals surface area contributed by atoms with E-state index in [-0.39, 0.29) is 5.41 Å². The minimum atomic E-state index is -0.0221. The molecule has 1 unspecified atom stereocenters. The summed E-state index contributed by atoms with van der Waals surface area (Å²) in [7, 11) is 0. The molecule has 414 valence electrons. The van der Waals surface area contributed by atoms with Crippen molar-refractivity contribution in [3.05, 3.63) is 277 Å². The Morgan fingerprint density at radius 1 is 0.345 bits per heavy atom. The van der Waals surface area contributed by atoms with E-state index in [0.29, 0.717) is 11.8 Å². The van der Waals surface area contributed by atoms with Crippen LogP contribution in [0, 0.1) is 0 Å². The number of unbranched alkanes of at least 4 members (excludes halogenated alkanes) is 5. The van der Waals surface area contributed by atoms with Gasteiger partial charge in [-0.2, -0.15) is 0 Å². The van der Waals surface area contributed by atoms with Crippen LogP contribution in [-0.2, 0) is 5.41 Å². The van der Waals surface area contributed by atoms with Crippen molar-refractivity contribution in [3.8, 4) is 72.4 Å². The molecule has 1 aliphatic carbocycles. The number of para-hydroxylation sites is 1. The van der Waals surface area contributed by atoms with E-state index >= 15 is 0 Å². The lowest BCUT2D eigenvalue weighted by molar-refractivity contribution is 0.480. The van der Waals surface area contributed by atoms with Crippen LogP contribution >= 0.6 is 0 Å². The smallest absolute Gasteiger partial charge is 0.0541 e. The third-order valence-electron chi connectivity index (χ3n) is 18.3. The molecule has 84 heavy (non-hydrogen) atoms. The fourth-order valence-corrected chi connectivity index (χ4v) is 13.4. The number of hydrogen-bond acceptors (Lipinski definition) is 1. The molecule has 0 spiro atoms. The van der Waals surface area contributed by atoms with E-state index in [1.54, 1.807) is 0 Å². The van der Waals surface area contributed by atoms with Gasteiger partial charge < -0.3 is 9.47 Å². The Kier molecular flexibility index (Phi) is 15.1. The van der Waals surface area contributed by atoms with E-state index in [4.69, 9.17) is 0 Å². The number of aromatic nitrogens is 1. The first-order valence-electron chi connectivity index (χ1n) is 30.9. The molecule has 2 nitrogen and oxygen atoms in total. The second-order valence-corrected chi connectivity index (χ2v) is 24.4. The summed E-state index contributed by atoms with van der Waals surface area (Å²) in [6, 6.07) is 95.5. The highest BCUT2D eigenvalue weighted by Crippen LogP contribution is 2.53. The van der Waals surface area contributed by atoms with Gasteiger partial charge in [-0.1, -0.05) is 250 Å². The summed E-state index contributed by atoms with van der Waals surface area (Å²) in [6.07, 6.45) is 9.02. The lowest BCUT2D eigenvalue weighted by atomic mass is 9.75. The van der Waals surface area contributed by atoms with Gasteiger partial charge in [0.15, 0.2) is 0 Å². The second-order valence-electron chi connectivity index (χ2n) is 24.4. The van der Waals surface area contributed by atoms with Gasteiger partial charge in [0.1, 0.15) is 0 Å². The first-order valence-corrected chi connectivity index (χ1v) is 30.9. The summed E-state index contributed by atoms with van der Waals surface area (Å²) in [4.78, 5) is 2.41. The zero-order chi connectivity index (χ0) is 57.3. The van der Waals surface area contributed by atoms with Crippen LogP contribution in [0.5, 0.6) is 0 Å². The van der Waals surface area contributed by atoms with E-state index in [0.717, 1.165) is 22.7 Å². The Morgan fingerprint density at radius 3 is 1.42 bits per heavy atom. The van der Waals surface area contributed by atoms with Crippen molar-refractivity contribution in [2.24, 2.45) is 0 Å². The number of benzene rings is 11. The molecule has 0 fully saturated rings. The molecule has 1 aromatic heterocycles. The van der Waals surface area contributed by atoms with Gasteiger partial charge in [0.05, 0.1) is 11.0 Å². The Hall–Kier alpha value is -8.98. The van der Waals surface area contributed by atoms with Crippen LogP contribution in [0.3, 0.4) is 0 Å². The first-order chi connectivity index (χ1) is 41.1. The van der Waals surface area contributed by atoms with E-state index in [2.05, 4.69) is 306 Å². The number of nitrogens with zero attached hydrogens (tertiary/aromatic N) is 2. The molecule has 11 aromatic carbocycles. The van der Waals surface area contributed by atoms with E-state index in [9.17, 15) is 0 Å². The summed E-state index contributed by atoms with van der Waals surface area (Å²) in [5, 5.41) is 2.48. The van der Waals surface area contributed by atoms with Crippen LogP contribution in [0.4, 0.5) is 17.1 Å². The van der Waals surface area contributed by atoms with Gasteiger partial charge in [-0.15, -0.1) is 0 Å². The molecule has 0 bridgehead atoms. The second kappa shape index (κ2) is 23.3. The van der Waals surface area contributed by atoms with E-state index < -0.39 is 0 Å². The van der Waals surface area contributed by atoms with Gasteiger partial charge in [-0.05, 0) is 192 Å². The maximum Gasteiger partial charge on any atom is 0.0541 e. The van der Waals surface area contributed by atoms with Gasteiger partial charge in [0.2, 0.25) is 0 Å². The molecule has 1 atom stereocenters. The fourth-order valence-electron chi connectivity index (χ4n) is 13.4. The highest BCUT2D eigenvalue weighted by molar-refractivity contribution is 6.10. The molecule has 12 aromatic rings. The average molecular weight is 1090 g/mol. The normalized spacial score (nSPS) is 13.7. The van der Waals surface area contributed by atoms with Crippen molar-refractivity contribution in [3.63, 3.8) is 0 Å². The van der Waals surface area contributed by atoms with Crippen LogP contribution in [0.15, 0.2) is 255 Å². The van der Waals surface area contributed by atoms with Gasteiger partial charge in [0.25, 0.3) is 0 Å². The van der Waals surface area contributed by atoms with Gasteiger partial charge in [-0.3, -0.25) is 0 Å². The van der Waals surface area contributed by atoms with Crippen LogP contribution in [0.1, 0.15) is 121 Å². The summed E-state index contributed by atoms with van der Waals surface area (Å²) in [5.41, 5.74) is 27.6. The van der Waals surface area contributed by atoms with Crippen LogP contribution in [0.2, 0.25) is 0 Å². The van der Waals surface area contributed by atoms with Crippen molar-refractivity contribution >= 4 is 38.9 Å². The third kappa shape index (κ3) is 10.5. The molecular weight excluding hydrogens is 1010 g/mol. The van der Waals surface area contributed by atoms with Gasteiger partial charge >= 0.3 is 0 Å². The predicted octanol–water partition coefficient (Wildman–Crippen LogP) is 23.9. The molecule has 13 rings (SSSR count). The van der Waals surface area contributed by atoms with E-state index in [1.165, 1.54) is 156 Å². The van der Waals surface area contributed by atoms with Crippen LogP contribution in [-0.4, -0.2) is 4.57 Å². The molecule has 0 saturated carbocycles. The van der Waals surface area contributed by atoms with Gasteiger partial charge in [0, 0.05) is 38.9 Å². The minimum absolute atomic E-state index is 0.0221. The molecule has 2 heteroatoms. The van der Waals surface area contributed by atoms with Crippen molar-refractivity contribution in [2.45, 2.75) is 104 Å². The summed E-state index contributed by atoms with van der Waals surface area (Å²) in [5.74, 6) is 0.946. The van der Waals surface area contributed by atoms with Crippen LogP contribution in [0.25, 0.3) is 94.3 Å². The Labute approximate surface area is 498 Å². The molecular formula is C82H76N2. The van der Waals surface area contributed by atoms with Crippen molar-refractivity contribution in [1.82, 2.24) is 4.57 Å². The van der Waals surface area contributed by atoms with E-state index in [1.807, 2.05) is 0 Å². The summed E-state index contributed by atoms with van der Waals surface area (Å²) in [6.45, 7) is 14.0. The lowest BCUT2D eigenvalue weighted by Crippen LogP contribution is -2.21. The zero-order valence-electron chi connectivity index (χ0n) is 49.7. The molecule has 0 aliphatic heterocycles. The van der Waals surface area contributed by atoms with Crippen molar-refractivity contribution < 1.29 is 0 Å². The fraction of sp³-hybridized carbons (Fsp3) is 0.195. The standard InChI is InChI=1S/C82H76N2/c1-7-8-9-10-11-17-49-82(6)78-54-62(57(4)5)37-46-74(78)75-47-38-69(55-79(75)82)61-35-44-72(45-36-61)83(70-40-31-58(32-41-70)56(2)3)71-42-33-60(34-43-71)68-39-48-81-77(53-68)76-29-15-16-30-80(76)84(81)73-28-20-27-67(52-73)66-26-19-25-65(51-66)64-24-18-23-63(50-64)59-21-13-12-14-22-59/h12-16,18-48,50-57H,7-11,17,49H2,1-6H3. The Bertz CT molecular complexity index is 4290. The van der Waals surface area contributed by atoms with Crippen molar-refractivity contribution in [1.29, 1.82) is 0 Å². The van der Waals surface area contributed by atoms with Gasteiger partial charge in [-0.25, -0.2) is 0 Å². The molecule has 1 heterocycles. The zero-order valence-corrected chi connectivity index (χ0v) is 49.7. The topological polar surface area (TPSA) is 8.17 Å². The number of anilines is 3. The Morgan fingerprint density at radius 2 is 0.786 bits per heavy atom. The molecule has 0 saturated heterocycles. The third-order valence-corrected chi connectivity index (χ3v) is 18.3. The summed E-state index contributed by atoms with van der Waals surface area (Å²) >= 11 is 0. The molecule has 0 amide bonds. The van der Waals surface area contributed by atoms with Crippen molar-refractivity contribution in [2.75, 3.05) is 4.90 Å². The maximum atomic E-state index is 2.54. The SMILES string of the molecule is CCCCCCCCC1(C)c2cc(-c3ccc(N(c4ccc(-c5ccc6c(c5)c5ccccc5n6-c5cccc(-c6cccc(-c7cccc(-c8ccccc8)c7)c6)c5)cc4)c4ccc(C(C)C)cc4)cc3)ccc2-c2ccc(C(C)C)cc21. The minimum Gasteiger partial charge on any atom is -0.311 e. The molecule has 0 N–H and O–H groups in total. The average Bonchev–Trinajstić information content (AvgIpc) is 2.03. The quantitative estimate of drug-likeness (QED) is 0.0778. The number of fused-ring (bicyclic) bond motifs is 6. The maximum absolute atomic E-state index is 2.54.